The fourth-order valence-corrected chi connectivity index (χ4v) is 1.23. The zero-order valence-corrected chi connectivity index (χ0v) is 8.40. The van der Waals surface area contributed by atoms with Gasteiger partial charge in [-0.3, -0.25) is 0 Å². The lowest BCUT2D eigenvalue weighted by atomic mass is 10.1. The fraction of sp³-hybridized carbons (Fsp3) is 0.111. The van der Waals surface area contributed by atoms with Gasteiger partial charge in [-0.2, -0.15) is 0 Å². The molecule has 3 nitrogen and oxygen atoms in total. The summed E-state index contributed by atoms with van der Waals surface area (Å²) in [6, 6.07) is 7.12. The molecular formula is C9H10BrNO2. The van der Waals surface area contributed by atoms with Gasteiger partial charge in [0.25, 0.3) is 0 Å². The smallest absolute Gasteiger partial charge is 0.132 e. The molecule has 0 unspecified atom stereocenters. The zero-order chi connectivity index (χ0) is 9.84. The Labute approximate surface area is 84.6 Å². The van der Waals surface area contributed by atoms with Gasteiger partial charge in [-0.1, -0.05) is 28.1 Å². The molecule has 1 atom stereocenters. The molecule has 0 aliphatic carbocycles. The summed E-state index contributed by atoms with van der Waals surface area (Å²) >= 11 is 3.28. The van der Waals surface area contributed by atoms with Gasteiger partial charge in [0.2, 0.25) is 0 Å². The van der Waals surface area contributed by atoms with Gasteiger partial charge in [0.1, 0.15) is 6.23 Å². The average Bonchev–Trinajstić information content (AvgIpc) is 2.09. The summed E-state index contributed by atoms with van der Waals surface area (Å²) in [6.07, 6.45) is -0.348. The van der Waals surface area contributed by atoms with Gasteiger partial charge in [-0.25, -0.2) is 0 Å². The van der Waals surface area contributed by atoms with Gasteiger partial charge in [-0.15, -0.1) is 0 Å². The van der Waals surface area contributed by atoms with Crippen molar-refractivity contribution < 1.29 is 10.2 Å². The highest BCUT2D eigenvalue weighted by Gasteiger charge is 2.07. The van der Waals surface area contributed by atoms with Crippen LogP contribution in [-0.4, -0.2) is 16.4 Å². The molecule has 0 aromatic heterocycles. The van der Waals surface area contributed by atoms with Crippen molar-refractivity contribution in [2.75, 3.05) is 0 Å². The molecule has 70 valence electrons. The number of benzene rings is 1. The summed E-state index contributed by atoms with van der Waals surface area (Å²) in [5.41, 5.74) is 6.23. The predicted molar refractivity (Wildman–Crippen MR) is 54.9 cm³/mol. The van der Waals surface area contributed by atoms with Gasteiger partial charge in [0, 0.05) is 10.0 Å². The number of aliphatic hydroxyl groups is 2. The molecule has 0 bridgehead atoms. The van der Waals surface area contributed by atoms with E-state index in [-0.39, 0.29) is 0 Å². The second kappa shape index (κ2) is 4.41. The third kappa shape index (κ3) is 2.55. The Morgan fingerprint density at radius 3 is 2.31 bits per heavy atom. The maximum atomic E-state index is 9.07. The van der Waals surface area contributed by atoms with Crippen LogP contribution in [0.15, 0.2) is 35.0 Å². The third-order valence-electron chi connectivity index (χ3n) is 1.64. The van der Waals surface area contributed by atoms with Crippen molar-refractivity contribution in [3.63, 3.8) is 0 Å². The first-order valence-electron chi connectivity index (χ1n) is 3.69. The molecule has 0 heterocycles. The first kappa shape index (κ1) is 10.2. The lowest BCUT2D eigenvalue weighted by molar-refractivity contribution is 0.238. The molecule has 0 fully saturated rings. The largest absolute Gasteiger partial charge is 0.515 e. The Morgan fingerprint density at radius 1 is 1.38 bits per heavy atom. The molecule has 0 saturated carbocycles. The fourth-order valence-electron chi connectivity index (χ4n) is 0.964. The van der Waals surface area contributed by atoms with Gasteiger partial charge >= 0.3 is 0 Å². The van der Waals surface area contributed by atoms with Crippen LogP contribution >= 0.6 is 15.9 Å². The summed E-state index contributed by atoms with van der Waals surface area (Å²) in [7, 11) is 0. The van der Waals surface area contributed by atoms with E-state index >= 15 is 0 Å². The molecule has 0 saturated heterocycles. The maximum Gasteiger partial charge on any atom is 0.132 e. The number of rotatable bonds is 2. The van der Waals surface area contributed by atoms with Crippen molar-refractivity contribution in [3.05, 3.63) is 40.6 Å². The van der Waals surface area contributed by atoms with Gasteiger partial charge in [-0.05, 0) is 17.7 Å². The van der Waals surface area contributed by atoms with E-state index in [1.54, 1.807) is 24.3 Å². The monoisotopic (exact) mass is 243 g/mol. The molecule has 0 aliphatic rings. The average molecular weight is 244 g/mol. The Bertz CT molecular complexity index is 306. The van der Waals surface area contributed by atoms with Crippen LogP contribution in [0.25, 0.3) is 5.57 Å². The number of hydrogen-bond donors (Lipinski definition) is 3. The quantitative estimate of drug-likeness (QED) is 0.547. The molecule has 1 aromatic carbocycles. The number of halogens is 1. The standard InChI is InChI=1S/C9H10BrNO2/c10-7-3-1-6(2-4-7)8(5-12)9(11)13/h1-5,9,12-13H,11H2/b8-5+/t9-/m1/s1. The van der Waals surface area contributed by atoms with Crippen LogP contribution in [0.3, 0.4) is 0 Å². The second-order valence-electron chi connectivity index (χ2n) is 2.54. The van der Waals surface area contributed by atoms with Gasteiger partial charge < -0.3 is 15.9 Å². The lowest BCUT2D eigenvalue weighted by Gasteiger charge is -2.08. The van der Waals surface area contributed by atoms with Gasteiger partial charge in [0.05, 0.1) is 6.26 Å². The van der Waals surface area contributed by atoms with Crippen LogP contribution in [0.5, 0.6) is 0 Å². The van der Waals surface area contributed by atoms with E-state index in [1.807, 2.05) is 0 Å². The van der Waals surface area contributed by atoms with E-state index in [2.05, 4.69) is 15.9 Å². The van der Waals surface area contributed by atoms with E-state index < -0.39 is 6.23 Å². The van der Waals surface area contributed by atoms with Crippen LogP contribution in [0, 0.1) is 0 Å². The normalized spacial score (nSPS) is 14.2. The number of hydrogen-bond acceptors (Lipinski definition) is 3. The third-order valence-corrected chi connectivity index (χ3v) is 2.16. The first-order valence-corrected chi connectivity index (χ1v) is 4.48. The van der Waals surface area contributed by atoms with Crippen LogP contribution < -0.4 is 5.73 Å². The van der Waals surface area contributed by atoms with Crippen LogP contribution in [0.2, 0.25) is 0 Å². The van der Waals surface area contributed by atoms with E-state index in [4.69, 9.17) is 15.9 Å². The molecular weight excluding hydrogens is 234 g/mol. The minimum Gasteiger partial charge on any atom is -0.515 e. The van der Waals surface area contributed by atoms with E-state index in [9.17, 15) is 0 Å². The SMILES string of the molecule is N[C@H](O)/C(=C/O)c1ccc(Br)cc1. The van der Waals surface area contributed by atoms with Crippen LogP contribution in [-0.2, 0) is 0 Å². The van der Waals surface area contributed by atoms with Crippen molar-refractivity contribution in [1.82, 2.24) is 0 Å². The highest BCUT2D eigenvalue weighted by molar-refractivity contribution is 9.10. The predicted octanol–water partition coefficient (Wildman–Crippen LogP) is 1.63. The summed E-state index contributed by atoms with van der Waals surface area (Å²) < 4.78 is 0.931. The molecule has 0 aliphatic heterocycles. The topological polar surface area (TPSA) is 66.5 Å². The molecule has 4 N–H and O–H groups in total. The van der Waals surface area contributed by atoms with E-state index in [0.29, 0.717) is 11.1 Å². The lowest BCUT2D eigenvalue weighted by Crippen LogP contribution is -2.20. The first-order chi connectivity index (χ1) is 6.15. The molecule has 1 rings (SSSR count). The highest BCUT2D eigenvalue weighted by Crippen LogP contribution is 2.18. The molecule has 0 amide bonds. The molecule has 13 heavy (non-hydrogen) atoms. The summed E-state index contributed by atoms with van der Waals surface area (Å²) in [5.74, 6) is 0. The maximum absolute atomic E-state index is 9.07. The van der Waals surface area contributed by atoms with E-state index in [1.165, 1.54) is 0 Å². The summed E-state index contributed by atoms with van der Waals surface area (Å²) in [6.45, 7) is 0. The van der Waals surface area contributed by atoms with Crippen LogP contribution in [0.1, 0.15) is 5.56 Å². The van der Waals surface area contributed by atoms with E-state index in [0.717, 1.165) is 10.7 Å². The van der Waals surface area contributed by atoms with Crippen molar-refractivity contribution in [1.29, 1.82) is 0 Å². The Kier molecular flexibility index (Phi) is 3.48. The summed E-state index contributed by atoms with van der Waals surface area (Å²) in [5, 5.41) is 17.9. The van der Waals surface area contributed by atoms with Crippen molar-refractivity contribution >= 4 is 21.5 Å². The molecule has 1 aromatic rings. The number of nitrogens with two attached hydrogens (primary N) is 1. The molecule has 0 spiro atoms. The zero-order valence-electron chi connectivity index (χ0n) is 6.81. The number of aliphatic hydroxyl groups excluding tert-OH is 2. The van der Waals surface area contributed by atoms with Crippen molar-refractivity contribution in [2.45, 2.75) is 6.23 Å². The van der Waals surface area contributed by atoms with Crippen molar-refractivity contribution in [2.24, 2.45) is 5.73 Å². The van der Waals surface area contributed by atoms with Gasteiger partial charge in [0.15, 0.2) is 0 Å². The highest BCUT2D eigenvalue weighted by atomic mass is 79.9. The second-order valence-corrected chi connectivity index (χ2v) is 3.45. The molecule has 0 radical (unpaired) electrons. The summed E-state index contributed by atoms with van der Waals surface area (Å²) in [4.78, 5) is 0. The minimum atomic E-state index is -1.16. The molecule has 4 heteroatoms. The Balaban J connectivity index is 3.00. The van der Waals surface area contributed by atoms with Crippen LogP contribution in [0.4, 0.5) is 0 Å². The Hall–Kier alpha value is -0.840. The van der Waals surface area contributed by atoms with Crippen molar-refractivity contribution in [3.8, 4) is 0 Å². The minimum absolute atomic E-state index is 0.299. The Morgan fingerprint density at radius 2 is 1.92 bits per heavy atom.